The largest absolute Gasteiger partial charge is 0.316 e. The van der Waals surface area contributed by atoms with Gasteiger partial charge in [0.15, 0.2) is 17.4 Å². The molecule has 0 aromatic carbocycles. The molecule has 0 saturated heterocycles. The maximum absolute atomic E-state index is 0. The molecule has 0 spiro atoms. The Labute approximate surface area is 89.5 Å². The standard InChI is InChI=1S/CH4.Al.Ca.Mg.H2O.7H/h1H4;;;;1H2;;;;;;;. The topological polar surface area (TPSA) is 31.5 Å². The third kappa shape index (κ3) is 21.0. The molecular formula is CH13AlCaMgO. The minimum Gasteiger partial charge on any atom is 0.316 e. The third-order valence-corrected chi connectivity index (χ3v) is 0. The van der Waals surface area contributed by atoms with Crippen LogP contribution in [-0.4, -0.2) is 83.6 Å². The van der Waals surface area contributed by atoms with E-state index in [0.717, 1.165) is 0 Å². The van der Waals surface area contributed by atoms with E-state index in [-0.39, 0.29) is 91.1 Å². The van der Waals surface area contributed by atoms with Crippen molar-refractivity contribution in [2.45, 2.75) is 7.43 Å². The molecule has 0 saturated carbocycles. The molecule has 0 aromatic rings. The molecule has 1 nitrogen and oxygen atoms in total. The summed E-state index contributed by atoms with van der Waals surface area (Å²) in [6, 6.07) is 0. The van der Waals surface area contributed by atoms with Crippen LogP contribution in [0.15, 0.2) is 0 Å². The van der Waals surface area contributed by atoms with Crippen molar-refractivity contribution in [3.05, 3.63) is 0 Å². The molecule has 0 fully saturated rings. The van der Waals surface area contributed by atoms with E-state index in [4.69, 9.17) is 0 Å². The summed E-state index contributed by atoms with van der Waals surface area (Å²) in [7, 11) is 0. The molecule has 30 valence electrons. The number of hydrogen-bond donors (Lipinski definition) is 0. The molecule has 0 radical (unpaired) electrons. The smallest absolute Gasteiger partial charge is 0.316 e. The van der Waals surface area contributed by atoms with Crippen LogP contribution in [-0.2, 0) is 0 Å². The van der Waals surface area contributed by atoms with Crippen molar-refractivity contribution >= 4 is 78.2 Å². The fourth-order valence-electron chi connectivity index (χ4n) is 0. The monoisotopic (exact) mass is 132 g/mol. The van der Waals surface area contributed by atoms with Crippen molar-refractivity contribution < 1.29 is 5.48 Å². The van der Waals surface area contributed by atoms with Crippen LogP contribution in [0.3, 0.4) is 0 Å². The van der Waals surface area contributed by atoms with Gasteiger partial charge in [-0.15, -0.1) is 0 Å². The van der Waals surface area contributed by atoms with Crippen molar-refractivity contribution in [1.82, 2.24) is 0 Å². The summed E-state index contributed by atoms with van der Waals surface area (Å²) in [4.78, 5) is 0. The molecule has 0 atom stereocenters. The Morgan fingerprint density at radius 3 is 1.00 bits per heavy atom. The molecule has 2 N–H and O–H groups in total. The van der Waals surface area contributed by atoms with E-state index >= 15 is 0 Å². The second kappa shape index (κ2) is 31.3. The van der Waals surface area contributed by atoms with E-state index in [1.807, 2.05) is 0 Å². The van der Waals surface area contributed by atoms with Gasteiger partial charge in [-0.3, -0.25) is 0 Å². The summed E-state index contributed by atoms with van der Waals surface area (Å²) in [5.41, 5.74) is 0. The van der Waals surface area contributed by atoms with Gasteiger partial charge in [0, 0.05) is 0 Å². The Bertz CT molecular complexity index is 11.6. The van der Waals surface area contributed by atoms with E-state index < -0.39 is 0 Å². The molecule has 0 aliphatic heterocycles. The third-order valence-electron chi connectivity index (χ3n) is 0. The van der Waals surface area contributed by atoms with Crippen LogP contribution < -0.4 is 0 Å². The van der Waals surface area contributed by atoms with Gasteiger partial charge in [-0.25, -0.2) is 0 Å². The summed E-state index contributed by atoms with van der Waals surface area (Å²) in [6.45, 7) is 0. The normalized spacial score (nSPS) is 0. The van der Waals surface area contributed by atoms with Gasteiger partial charge in [-0.05, 0) is 0 Å². The molecule has 0 rings (SSSR count). The number of hydrogen-bond acceptors (Lipinski definition) is 0. The Balaban J connectivity index is 0. The van der Waals surface area contributed by atoms with Gasteiger partial charge in [0.2, 0.25) is 0 Å². The van der Waals surface area contributed by atoms with Crippen LogP contribution in [0.4, 0.5) is 0 Å². The predicted molar refractivity (Wildman–Crippen MR) is 37.4 cm³/mol. The zero-order valence-corrected chi connectivity index (χ0v) is 0.500. The van der Waals surface area contributed by atoms with Gasteiger partial charge >= 0.3 is 60.8 Å². The first-order valence-electron chi connectivity index (χ1n) is 0. The van der Waals surface area contributed by atoms with Crippen molar-refractivity contribution in [3.8, 4) is 0 Å². The number of rotatable bonds is 0. The minimum atomic E-state index is 0. The van der Waals surface area contributed by atoms with Gasteiger partial charge in [-0.2, -0.15) is 0 Å². The van der Waals surface area contributed by atoms with Crippen LogP contribution in [0, 0.1) is 0 Å². The first kappa shape index (κ1) is 50.4. The molecule has 5 heavy (non-hydrogen) atoms. The molecule has 0 heterocycles. The Morgan fingerprint density at radius 1 is 1.00 bits per heavy atom. The summed E-state index contributed by atoms with van der Waals surface area (Å²) in [5, 5.41) is 0. The van der Waals surface area contributed by atoms with Gasteiger partial charge in [0.05, 0.1) is 0 Å². The quantitative estimate of drug-likeness (QED) is 0.311. The summed E-state index contributed by atoms with van der Waals surface area (Å²) in [5.74, 6) is 0. The van der Waals surface area contributed by atoms with E-state index in [9.17, 15) is 0 Å². The van der Waals surface area contributed by atoms with Crippen LogP contribution in [0.5, 0.6) is 0 Å². The zero-order chi connectivity index (χ0) is 0. The first-order chi connectivity index (χ1) is 0. The SMILES string of the molecule is C.O.[AlH3].[CaH2].[MgH2]. The van der Waals surface area contributed by atoms with E-state index in [2.05, 4.69) is 0 Å². The van der Waals surface area contributed by atoms with Crippen LogP contribution >= 0.6 is 0 Å². The Morgan fingerprint density at radius 2 is 1.00 bits per heavy atom. The molecule has 0 aliphatic carbocycles. The fourth-order valence-corrected chi connectivity index (χ4v) is 0. The van der Waals surface area contributed by atoms with E-state index in [0.29, 0.717) is 0 Å². The molecule has 4 heteroatoms. The second-order valence-electron chi connectivity index (χ2n) is 0. The summed E-state index contributed by atoms with van der Waals surface area (Å²) < 4.78 is 0. The van der Waals surface area contributed by atoms with Crippen LogP contribution in [0.25, 0.3) is 0 Å². The van der Waals surface area contributed by atoms with Crippen molar-refractivity contribution in [2.75, 3.05) is 0 Å². The second-order valence-corrected chi connectivity index (χ2v) is 0. The van der Waals surface area contributed by atoms with Gasteiger partial charge in [-0.1, -0.05) is 7.43 Å². The van der Waals surface area contributed by atoms with Crippen molar-refractivity contribution in [1.29, 1.82) is 0 Å². The Hall–Kier alpha value is 2.52. The van der Waals surface area contributed by atoms with Crippen LogP contribution in [0.2, 0.25) is 0 Å². The zero-order valence-electron chi connectivity index (χ0n) is 0.500. The first-order valence-corrected chi connectivity index (χ1v) is 0. The van der Waals surface area contributed by atoms with Crippen LogP contribution in [0.1, 0.15) is 7.43 Å². The average Bonchev–Trinajstić information content (AvgIpc) is 0. The molecule has 0 aliphatic rings. The minimum absolute atomic E-state index is 0. The van der Waals surface area contributed by atoms with E-state index in [1.165, 1.54) is 0 Å². The van der Waals surface area contributed by atoms with E-state index in [1.54, 1.807) is 0 Å². The average molecular weight is 132 g/mol. The molecule has 0 unspecified atom stereocenters. The maximum atomic E-state index is 0. The summed E-state index contributed by atoms with van der Waals surface area (Å²) in [6.07, 6.45) is 0. The molecule has 0 bridgehead atoms. The van der Waals surface area contributed by atoms with Gasteiger partial charge in [0.25, 0.3) is 0 Å². The predicted octanol–water partition coefficient (Wildman–Crippen LogP) is -3.20. The van der Waals surface area contributed by atoms with Gasteiger partial charge < -0.3 is 5.48 Å². The molecule has 0 amide bonds. The van der Waals surface area contributed by atoms with Gasteiger partial charge in [0.1, 0.15) is 0 Å². The maximum Gasteiger partial charge on any atom is 0.316 e. The summed E-state index contributed by atoms with van der Waals surface area (Å²) >= 11 is 0. The van der Waals surface area contributed by atoms with Crippen molar-refractivity contribution in [3.63, 3.8) is 0 Å². The Kier molecular flexibility index (Phi) is 315. The molecular weight excluding hydrogens is 119 g/mol. The van der Waals surface area contributed by atoms with Crippen molar-refractivity contribution in [2.24, 2.45) is 0 Å². The fraction of sp³-hybridized carbons (Fsp3) is 1.00. The molecule has 0 aromatic heterocycles.